The minimum absolute atomic E-state index is 0.00183. The van der Waals surface area contributed by atoms with E-state index in [-0.39, 0.29) is 10.5 Å². The van der Waals surface area contributed by atoms with Crippen LogP contribution in [0.4, 0.5) is 11.4 Å². The van der Waals surface area contributed by atoms with Gasteiger partial charge >= 0.3 is 0 Å². The predicted octanol–water partition coefficient (Wildman–Crippen LogP) is 4.14. The molecule has 4 aromatic rings. The number of aromatic nitrogens is 3. The van der Waals surface area contributed by atoms with Gasteiger partial charge in [-0.2, -0.15) is 5.10 Å². The van der Waals surface area contributed by atoms with Crippen LogP contribution in [0.15, 0.2) is 77.7 Å². The van der Waals surface area contributed by atoms with Crippen molar-refractivity contribution in [1.29, 1.82) is 0 Å². The highest BCUT2D eigenvalue weighted by Crippen LogP contribution is 2.20. The Morgan fingerprint density at radius 3 is 2.34 bits per heavy atom. The second kappa shape index (κ2) is 8.64. The van der Waals surface area contributed by atoms with E-state index >= 15 is 0 Å². The Balaban J connectivity index is 1.49. The summed E-state index contributed by atoms with van der Waals surface area (Å²) in [5.41, 5.74) is 3.00. The molecule has 162 valence electrons. The highest BCUT2D eigenvalue weighted by molar-refractivity contribution is 7.92. The maximum Gasteiger partial charge on any atom is 0.261 e. The third-order valence-corrected chi connectivity index (χ3v) is 6.05. The van der Waals surface area contributed by atoms with Crippen molar-refractivity contribution in [3.63, 3.8) is 0 Å². The lowest BCUT2D eigenvalue weighted by molar-refractivity contribution is 0.102. The van der Waals surface area contributed by atoms with Crippen LogP contribution in [0.2, 0.25) is 0 Å². The standard InChI is InChI=1S/C23H21N5O3S/c1-15-5-3-7-20(13-15)28-32(30,31)21-8-4-6-18(14-21)23(29)25-19-11-9-17(10-12-19)22-24-16(2)26-27-22/h3-14,28H,1-2H3,(H,25,29)(H,24,26,27). The van der Waals surface area contributed by atoms with Gasteiger partial charge in [-0.25, -0.2) is 13.4 Å². The van der Waals surface area contributed by atoms with Gasteiger partial charge in [0.15, 0.2) is 5.82 Å². The van der Waals surface area contributed by atoms with Crippen molar-refractivity contribution in [3.8, 4) is 11.4 Å². The highest BCUT2D eigenvalue weighted by atomic mass is 32.2. The van der Waals surface area contributed by atoms with E-state index in [9.17, 15) is 13.2 Å². The zero-order valence-corrected chi connectivity index (χ0v) is 18.3. The molecule has 0 radical (unpaired) electrons. The number of nitrogens with one attached hydrogen (secondary N) is 3. The normalized spacial score (nSPS) is 11.2. The highest BCUT2D eigenvalue weighted by Gasteiger charge is 2.17. The number of hydrogen-bond donors (Lipinski definition) is 3. The maximum absolute atomic E-state index is 12.8. The van der Waals surface area contributed by atoms with E-state index in [1.165, 1.54) is 18.2 Å². The summed E-state index contributed by atoms with van der Waals surface area (Å²) in [6, 6.07) is 20.0. The van der Waals surface area contributed by atoms with Gasteiger partial charge < -0.3 is 5.32 Å². The molecule has 9 heteroatoms. The molecule has 0 atom stereocenters. The topological polar surface area (TPSA) is 117 Å². The Morgan fingerprint density at radius 2 is 1.66 bits per heavy atom. The van der Waals surface area contributed by atoms with Crippen molar-refractivity contribution < 1.29 is 13.2 Å². The molecule has 0 fully saturated rings. The first kappa shape index (κ1) is 21.3. The Hall–Kier alpha value is -3.98. The number of benzene rings is 3. The van der Waals surface area contributed by atoms with Crippen LogP contribution >= 0.6 is 0 Å². The Morgan fingerprint density at radius 1 is 0.906 bits per heavy atom. The number of anilines is 2. The third kappa shape index (κ3) is 4.84. The van der Waals surface area contributed by atoms with E-state index in [0.717, 1.165) is 11.1 Å². The largest absolute Gasteiger partial charge is 0.322 e. The summed E-state index contributed by atoms with van der Waals surface area (Å²) in [5.74, 6) is 0.864. The molecule has 0 aliphatic carbocycles. The molecular weight excluding hydrogens is 426 g/mol. The van der Waals surface area contributed by atoms with Crippen LogP contribution in [0.3, 0.4) is 0 Å². The minimum atomic E-state index is -3.84. The van der Waals surface area contributed by atoms with E-state index in [2.05, 4.69) is 25.2 Å². The molecule has 1 heterocycles. The Bertz CT molecular complexity index is 1380. The van der Waals surface area contributed by atoms with Crippen molar-refractivity contribution >= 4 is 27.3 Å². The average Bonchev–Trinajstić information content (AvgIpc) is 3.20. The van der Waals surface area contributed by atoms with Crippen LogP contribution in [0, 0.1) is 13.8 Å². The van der Waals surface area contributed by atoms with Gasteiger partial charge in [-0.05, 0) is 74.0 Å². The monoisotopic (exact) mass is 447 g/mol. The number of hydrogen-bond acceptors (Lipinski definition) is 5. The summed E-state index contributed by atoms with van der Waals surface area (Å²) < 4.78 is 28.1. The zero-order valence-electron chi connectivity index (χ0n) is 17.5. The van der Waals surface area contributed by atoms with Gasteiger partial charge in [0, 0.05) is 22.5 Å². The summed E-state index contributed by atoms with van der Waals surface area (Å²) in [6.45, 7) is 3.69. The summed E-state index contributed by atoms with van der Waals surface area (Å²) in [5, 5.41) is 9.67. The number of nitrogens with zero attached hydrogens (tertiary/aromatic N) is 2. The van der Waals surface area contributed by atoms with Crippen LogP contribution < -0.4 is 10.0 Å². The smallest absolute Gasteiger partial charge is 0.261 e. The number of amides is 1. The lowest BCUT2D eigenvalue weighted by atomic mass is 10.1. The first-order valence-electron chi connectivity index (χ1n) is 9.80. The maximum atomic E-state index is 12.8. The third-order valence-electron chi connectivity index (χ3n) is 4.67. The fourth-order valence-corrected chi connectivity index (χ4v) is 4.20. The number of H-pyrrole nitrogens is 1. The van der Waals surface area contributed by atoms with Gasteiger partial charge in [0.1, 0.15) is 5.82 Å². The molecule has 0 saturated carbocycles. The van der Waals surface area contributed by atoms with Crippen LogP contribution in [0.1, 0.15) is 21.7 Å². The SMILES string of the molecule is Cc1cccc(NS(=O)(=O)c2cccc(C(=O)Nc3ccc(-c4n[nH]c(C)n4)cc3)c2)c1. The van der Waals surface area contributed by atoms with Crippen LogP contribution in [0.5, 0.6) is 0 Å². The molecule has 3 N–H and O–H groups in total. The van der Waals surface area contributed by atoms with Gasteiger partial charge in [0.05, 0.1) is 4.90 Å². The van der Waals surface area contributed by atoms with Gasteiger partial charge in [-0.1, -0.05) is 18.2 Å². The number of carbonyl (C=O) groups excluding carboxylic acids is 1. The van der Waals surface area contributed by atoms with Gasteiger partial charge in [-0.3, -0.25) is 14.6 Å². The summed E-state index contributed by atoms with van der Waals surface area (Å²) >= 11 is 0. The van der Waals surface area contributed by atoms with E-state index in [0.29, 0.717) is 23.0 Å². The summed E-state index contributed by atoms with van der Waals surface area (Å²) in [4.78, 5) is 17.0. The van der Waals surface area contributed by atoms with E-state index < -0.39 is 15.9 Å². The summed E-state index contributed by atoms with van der Waals surface area (Å²) in [7, 11) is -3.84. The van der Waals surface area contributed by atoms with Gasteiger partial charge in [0.2, 0.25) is 0 Å². The Labute approximate surface area is 185 Å². The van der Waals surface area contributed by atoms with E-state index in [1.54, 1.807) is 48.5 Å². The molecule has 8 nitrogen and oxygen atoms in total. The average molecular weight is 448 g/mol. The molecular formula is C23H21N5O3S. The molecule has 4 rings (SSSR count). The van der Waals surface area contributed by atoms with E-state index in [4.69, 9.17) is 0 Å². The molecule has 0 aliphatic rings. The quantitative estimate of drug-likeness (QED) is 0.411. The predicted molar refractivity (Wildman–Crippen MR) is 123 cm³/mol. The number of aromatic amines is 1. The van der Waals surface area contributed by atoms with Crippen LogP contribution in [-0.4, -0.2) is 29.5 Å². The second-order valence-corrected chi connectivity index (χ2v) is 8.96. The first-order valence-corrected chi connectivity index (χ1v) is 11.3. The lowest BCUT2D eigenvalue weighted by Crippen LogP contribution is -2.16. The van der Waals surface area contributed by atoms with E-state index in [1.807, 2.05) is 19.9 Å². The Kier molecular flexibility index (Phi) is 5.74. The van der Waals surface area contributed by atoms with Crippen molar-refractivity contribution in [1.82, 2.24) is 15.2 Å². The molecule has 3 aromatic carbocycles. The fraction of sp³-hybridized carbons (Fsp3) is 0.0870. The van der Waals surface area contributed by atoms with Crippen LogP contribution in [-0.2, 0) is 10.0 Å². The van der Waals surface area contributed by atoms with Gasteiger partial charge in [-0.15, -0.1) is 0 Å². The molecule has 1 amide bonds. The van der Waals surface area contributed by atoms with Crippen molar-refractivity contribution in [2.75, 3.05) is 10.0 Å². The minimum Gasteiger partial charge on any atom is -0.322 e. The van der Waals surface area contributed by atoms with Crippen molar-refractivity contribution in [3.05, 3.63) is 89.7 Å². The second-order valence-electron chi connectivity index (χ2n) is 7.28. The molecule has 0 unspecified atom stereocenters. The molecule has 0 spiro atoms. The number of rotatable bonds is 6. The number of aryl methyl sites for hydroxylation is 2. The van der Waals surface area contributed by atoms with Crippen LogP contribution in [0.25, 0.3) is 11.4 Å². The fourth-order valence-electron chi connectivity index (χ4n) is 3.10. The van der Waals surface area contributed by atoms with Crippen molar-refractivity contribution in [2.24, 2.45) is 0 Å². The van der Waals surface area contributed by atoms with Crippen molar-refractivity contribution in [2.45, 2.75) is 18.7 Å². The molecule has 0 bridgehead atoms. The summed E-state index contributed by atoms with van der Waals surface area (Å²) in [6.07, 6.45) is 0. The van der Waals surface area contributed by atoms with Gasteiger partial charge in [0.25, 0.3) is 15.9 Å². The lowest BCUT2D eigenvalue weighted by Gasteiger charge is -2.10. The zero-order chi connectivity index (χ0) is 22.7. The number of sulfonamides is 1. The molecule has 32 heavy (non-hydrogen) atoms. The number of carbonyl (C=O) groups is 1. The molecule has 0 saturated heterocycles. The molecule has 1 aromatic heterocycles. The molecule has 0 aliphatic heterocycles. The first-order chi connectivity index (χ1) is 15.3.